The van der Waals surface area contributed by atoms with Gasteiger partial charge in [0.1, 0.15) is 17.6 Å². The summed E-state index contributed by atoms with van der Waals surface area (Å²) < 4.78 is 69.3. The molecule has 15 nitrogen and oxygen atoms in total. The number of nitrogens with zero attached hydrogens (tertiary/aromatic N) is 7. The molecule has 0 saturated carbocycles. The number of carbonyl (C=O) groups is 1. The first kappa shape index (κ1) is 38.8. The number of likely N-dealkylation sites (N-methyl/N-ethyl adjacent to an activating group) is 1. The van der Waals surface area contributed by atoms with Crippen LogP contribution >= 0.6 is 0 Å². The molecule has 298 valence electrons. The van der Waals surface area contributed by atoms with Crippen molar-refractivity contribution >= 4 is 28.9 Å². The van der Waals surface area contributed by atoms with E-state index in [2.05, 4.69) is 20.4 Å². The van der Waals surface area contributed by atoms with E-state index in [4.69, 9.17) is 33.4 Å². The summed E-state index contributed by atoms with van der Waals surface area (Å²) in [6.45, 7) is 3.43. The highest BCUT2D eigenvalue weighted by Crippen LogP contribution is 2.43. The second kappa shape index (κ2) is 16.0. The van der Waals surface area contributed by atoms with Crippen molar-refractivity contribution in [1.29, 1.82) is 0 Å². The average Bonchev–Trinajstić information content (AvgIpc) is 4.02. The quantitative estimate of drug-likeness (QED) is 0.156. The van der Waals surface area contributed by atoms with E-state index in [1.165, 1.54) is 17.0 Å². The van der Waals surface area contributed by atoms with Gasteiger partial charge in [0.2, 0.25) is 5.95 Å². The van der Waals surface area contributed by atoms with Gasteiger partial charge in [-0.3, -0.25) is 4.57 Å². The number of alkyl halides is 3. The molecule has 18 heteroatoms. The van der Waals surface area contributed by atoms with Crippen molar-refractivity contribution < 1.29 is 46.5 Å². The molecule has 3 aromatic heterocycles. The number of hydrogen-bond acceptors (Lipinski definition) is 14. The van der Waals surface area contributed by atoms with Gasteiger partial charge >= 0.3 is 12.1 Å². The van der Waals surface area contributed by atoms with E-state index in [0.29, 0.717) is 55.0 Å². The topological polar surface area (TPSA) is 162 Å². The molecule has 0 unspecified atom stereocenters. The number of halogens is 3. The lowest BCUT2D eigenvalue weighted by molar-refractivity contribution is -0.211. The fraction of sp³-hybridized carbons (Fsp3) is 0.447. The third kappa shape index (κ3) is 7.81. The normalized spacial score (nSPS) is 21.3. The van der Waals surface area contributed by atoms with Crippen LogP contribution in [0.25, 0.3) is 11.2 Å². The van der Waals surface area contributed by atoms with Crippen LogP contribution in [-0.4, -0.2) is 113 Å². The van der Waals surface area contributed by atoms with Crippen LogP contribution < -0.4 is 19.7 Å². The molecular weight excluding hydrogens is 737 g/mol. The third-order valence-corrected chi connectivity index (χ3v) is 10.3. The highest BCUT2D eigenvalue weighted by Gasteiger charge is 2.53. The fourth-order valence-electron chi connectivity index (χ4n) is 7.06. The number of imidazole rings is 1. The van der Waals surface area contributed by atoms with Crippen LogP contribution in [0.5, 0.6) is 11.5 Å². The fourth-order valence-corrected chi connectivity index (χ4v) is 7.06. The Balaban J connectivity index is 1.30. The number of esters is 1. The minimum absolute atomic E-state index is 0.0573. The highest BCUT2D eigenvalue weighted by molar-refractivity contribution is 5.84. The van der Waals surface area contributed by atoms with E-state index >= 15 is 0 Å². The van der Waals surface area contributed by atoms with Crippen molar-refractivity contribution in [2.45, 2.75) is 62.4 Å². The summed E-state index contributed by atoms with van der Waals surface area (Å²) >= 11 is 0. The van der Waals surface area contributed by atoms with E-state index in [0.717, 1.165) is 17.5 Å². The maximum Gasteiger partial charge on any atom is 0.490 e. The molecule has 2 aliphatic rings. The molecule has 7 rings (SSSR count). The van der Waals surface area contributed by atoms with Crippen LogP contribution in [0, 0.1) is 0 Å². The van der Waals surface area contributed by atoms with E-state index in [-0.39, 0.29) is 28.9 Å². The Labute approximate surface area is 320 Å². The summed E-state index contributed by atoms with van der Waals surface area (Å²) in [6, 6.07) is 17.2. The van der Waals surface area contributed by atoms with Gasteiger partial charge < -0.3 is 43.7 Å². The Morgan fingerprint density at radius 2 is 1.71 bits per heavy atom. The standard InChI is InChI=1S/C38H43F3N8O7/c1-6-23-17-28(56-46-23)31-30(50)32(55-36(51)38(39,40)41)35(54-31)49-20-43-29-33(44-37(45-34(29)49)48-16-15-24(19-48)47(2)3)42-18-27(21-7-11-25(52-4)12-8-21)22-9-13-26(53-5)14-10-22/h7-14,17,20,24,27,30-32,35,50H,6,15-16,18-19H2,1-5H3,(H,42,44,45)/t24-,30-,31-,32-,35-/m1/s1. The first-order chi connectivity index (χ1) is 26.9. The third-order valence-electron chi connectivity index (χ3n) is 10.3. The molecule has 0 amide bonds. The molecule has 2 aromatic carbocycles. The minimum atomic E-state index is -5.34. The molecule has 0 bridgehead atoms. The Kier molecular flexibility index (Phi) is 11.1. The first-order valence-corrected chi connectivity index (χ1v) is 18.1. The molecule has 5 atom stereocenters. The summed E-state index contributed by atoms with van der Waals surface area (Å²) in [6.07, 6.45) is -9.12. The van der Waals surface area contributed by atoms with Crippen molar-refractivity contribution in [2.75, 3.05) is 58.2 Å². The van der Waals surface area contributed by atoms with Crippen molar-refractivity contribution in [3.63, 3.8) is 0 Å². The number of methoxy groups -OCH3 is 2. The van der Waals surface area contributed by atoms with Crippen LogP contribution in [0.3, 0.4) is 0 Å². The monoisotopic (exact) mass is 780 g/mol. The van der Waals surface area contributed by atoms with Crippen molar-refractivity contribution in [1.82, 2.24) is 29.6 Å². The number of nitrogens with one attached hydrogen (secondary N) is 1. The van der Waals surface area contributed by atoms with Gasteiger partial charge in [-0.1, -0.05) is 36.3 Å². The van der Waals surface area contributed by atoms with E-state index in [1.807, 2.05) is 74.4 Å². The second-order valence-electron chi connectivity index (χ2n) is 13.9. The van der Waals surface area contributed by atoms with Gasteiger partial charge in [-0.2, -0.15) is 23.1 Å². The zero-order valence-corrected chi connectivity index (χ0v) is 31.4. The van der Waals surface area contributed by atoms with Gasteiger partial charge in [0, 0.05) is 37.7 Å². The number of aliphatic hydroxyl groups is 1. The van der Waals surface area contributed by atoms with Crippen LogP contribution in [0.2, 0.25) is 0 Å². The number of rotatable bonds is 13. The van der Waals surface area contributed by atoms with Crippen molar-refractivity contribution in [2.24, 2.45) is 0 Å². The largest absolute Gasteiger partial charge is 0.497 e. The van der Waals surface area contributed by atoms with Gasteiger partial charge in [-0.15, -0.1) is 0 Å². The number of aliphatic hydroxyl groups excluding tert-OH is 1. The molecule has 2 aliphatic heterocycles. The molecule has 56 heavy (non-hydrogen) atoms. The lowest BCUT2D eigenvalue weighted by atomic mass is 9.91. The first-order valence-electron chi connectivity index (χ1n) is 18.1. The Hall–Kier alpha value is -5.46. The molecule has 0 spiro atoms. The van der Waals surface area contributed by atoms with Gasteiger partial charge in [-0.25, -0.2) is 9.78 Å². The van der Waals surface area contributed by atoms with Crippen LogP contribution in [-0.2, 0) is 20.7 Å². The molecule has 5 heterocycles. The minimum Gasteiger partial charge on any atom is -0.497 e. The number of benzene rings is 2. The molecule has 0 radical (unpaired) electrons. The van der Waals surface area contributed by atoms with Crippen LogP contribution in [0.15, 0.2) is 65.4 Å². The number of fused-ring (bicyclic) bond motifs is 1. The van der Waals surface area contributed by atoms with E-state index in [1.54, 1.807) is 14.2 Å². The number of anilines is 2. The lowest BCUT2D eigenvalue weighted by Crippen LogP contribution is -2.38. The second-order valence-corrected chi connectivity index (χ2v) is 13.9. The molecular formula is C38H43F3N8O7. The smallest absolute Gasteiger partial charge is 0.490 e. The number of hydrogen-bond donors (Lipinski definition) is 2. The Morgan fingerprint density at radius 1 is 1.05 bits per heavy atom. The lowest BCUT2D eigenvalue weighted by Gasteiger charge is -2.24. The number of aromatic nitrogens is 5. The SMILES string of the molecule is CCc1cc([C@H]2O[C@@H](n3cnc4c(NCC(c5ccc(OC)cc5)c5ccc(OC)cc5)nc(N5CC[C@@H](N(C)C)C5)nc43)[C@H](OC(=O)C(F)(F)F)[C@@H]2O)on1. The zero-order valence-electron chi connectivity index (χ0n) is 31.4. The molecule has 2 saturated heterocycles. The van der Waals surface area contributed by atoms with E-state index < -0.39 is 36.7 Å². The summed E-state index contributed by atoms with van der Waals surface area (Å²) in [5.74, 6) is -0.508. The summed E-state index contributed by atoms with van der Waals surface area (Å²) in [5.41, 5.74) is 2.96. The maximum atomic E-state index is 13.6. The summed E-state index contributed by atoms with van der Waals surface area (Å²) in [4.78, 5) is 30.8. The predicted octanol–water partition coefficient (Wildman–Crippen LogP) is 4.88. The van der Waals surface area contributed by atoms with E-state index in [9.17, 15) is 23.1 Å². The van der Waals surface area contributed by atoms with Crippen LogP contribution in [0.4, 0.5) is 24.9 Å². The molecule has 0 aliphatic carbocycles. The average molecular weight is 781 g/mol. The van der Waals surface area contributed by atoms with Gasteiger partial charge in [0.05, 0.1) is 26.2 Å². The van der Waals surface area contributed by atoms with Gasteiger partial charge in [0.15, 0.2) is 41.2 Å². The Bertz CT molecular complexity index is 2080. The summed E-state index contributed by atoms with van der Waals surface area (Å²) in [5, 5.41) is 18.8. The number of aryl methyl sites for hydroxylation is 1. The highest BCUT2D eigenvalue weighted by atomic mass is 19.4. The van der Waals surface area contributed by atoms with Crippen LogP contribution in [0.1, 0.15) is 54.2 Å². The number of carbonyl (C=O) groups excluding carboxylic acids is 1. The van der Waals surface area contributed by atoms with Crippen molar-refractivity contribution in [3.05, 3.63) is 83.5 Å². The van der Waals surface area contributed by atoms with Gasteiger partial charge in [0.25, 0.3) is 0 Å². The molecule has 2 fully saturated rings. The van der Waals surface area contributed by atoms with Gasteiger partial charge in [-0.05, 0) is 62.3 Å². The summed E-state index contributed by atoms with van der Waals surface area (Å²) in [7, 11) is 7.20. The van der Waals surface area contributed by atoms with Crippen molar-refractivity contribution in [3.8, 4) is 11.5 Å². The predicted molar refractivity (Wildman–Crippen MR) is 197 cm³/mol. The zero-order chi connectivity index (χ0) is 39.7. The Morgan fingerprint density at radius 3 is 2.27 bits per heavy atom. The maximum absolute atomic E-state index is 13.6. The molecule has 2 N–H and O–H groups in total. The molecule has 5 aromatic rings. The number of ether oxygens (including phenoxy) is 4.